The van der Waals surface area contributed by atoms with Crippen LogP contribution in [-0.2, 0) is 17.6 Å². The molecule has 1 saturated heterocycles. The molecule has 0 aliphatic carbocycles. The monoisotopic (exact) mass is 425 g/mol. The van der Waals surface area contributed by atoms with Gasteiger partial charge in [0.2, 0.25) is 17.6 Å². The van der Waals surface area contributed by atoms with Crippen LogP contribution in [0.15, 0.2) is 46.3 Å². The first-order valence-corrected chi connectivity index (χ1v) is 11.4. The van der Waals surface area contributed by atoms with E-state index in [4.69, 9.17) is 9.26 Å². The minimum atomic E-state index is 0.180. The average molecular weight is 426 g/mol. The van der Waals surface area contributed by atoms with Crippen LogP contribution in [0.25, 0.3) is 10.7 Å². The zero-order valence-electron chi connectivity index (χ0n) is 17.3. The molecular formula is C23H27N3O3S. The third-order valence-electron chi connectivity index (χ3n) is 5.73. The Hall–Kier alpha value is -2.67. The molecule has 1 aromatic carbocycles. The summed E-state index contributed by atoms with van der Waals surface area (Å²) in [7, 11) is 1.69. The summed E-state index contributed by atoms with van der Waals surface area (Å²) in [5.41, 5.74) is 1.34. The summed E-state index contributed by atoms with van der Waals surface area (Å²) in [5.74, 6) is 2.89. The molecule has 3 heterocycles. The number of ether oxygens (including phenoxy) is 1. The van der Waals surface area contributed by atoms with Crippen molar-refractivity contribution >= 4 is 17.2 Å². The fraction of sp³-hybridized carbons (Fsp3) is 0.435. The van der Waals surface area contributed by atoms with E-state index in [1.54, 1.807) is 18.4 Å². The van der Waals surface area contributed by atoms with Crippen LogP contribution in [0.2, 0.25) is 0 Å². The van der Waals surface area contributed by atoms with Crippen LogP contribution >= 0.6 is 11.3 Å². The van der Waals surface area contributed by atoms with E-state index in [2.05, 4.69) is 22.3 Å². The van der Waals surface area contributed by atoms with Crippen molar-refractivity contribution in [1.29, 1.82) is 0 Å². The Bertz CT molecular complexity index is 929. The summed E-state index contributed by atoms with van der Waals surface area (Å²) >= 11 is 1.57. The number of likely N-dealkylation sites (tertiary alicyclic amines) is 1. The first kappa shape index (κ1) is 20.6. The molecule has 3 aromatic rings. The van der Waals surface area contributed by atoms with Crippen LogP contribution < -0.4 is 4.74 Å². The maximum absolute atomic E-state index is 12.6. The highest BCUT2D eigenvalue weighted by Gasteiger charge is 2.23. The molecule has 30 heavy (non-hydrogen) atoms. The van der Waals surface area contributed by atoms with Gasteiger partial charge >= 0.3 is 0 Å². The lowest BCUT2D eigenvalue weighted by Crippen LogP contribution is -2.38. The summed E-state index contributed by atoms with van der Waals surface area (Å²) in [4.78, 5) is 19.9. The molecule has 1 amide bonds. The summed E-state index contributed by atoms with van der Waals surface area (Å²) < 4.78 is 10.5. The molecule has 6 nitrogen and oxygen atoms in total. The van der Waals surface area contributed by atoms with Gasteiger partial charge in [-0.25, -0.2) is 0 Å². The van der Waals surface area contributed by atoms with E-state index < -0.39 is 0 Å². The second kappa shape index (κ2) is 9.89. The Morgan fingerprint density at radius 2 is 2.00 bits per heavy atom. The van der Waals surface area contributed by atoms with Gasteiger partial charge in [0.15, 0.2) is 0 Å². The number of thiophene rings is 1. The summed E-state index contributed by atoms with van der Waals surface area (Å²) in [6.07, 6.45) is 5.31. The van der Waals surface area contributed by atoms with Crippen molar-refractivity contribution in [3.05, 3.63) is 53.2 Å². The Balaban J connectivity index is 1.18. The lowest BCUT2D eigenvalue weighted by atomic mass is 9.90. The van der Waals surface area contributed by atoms with E-state index >= 15 is 0 Å². The van der Waals surface area contributed by atoms with Gasteiger partial charge in [-0.2, -0.15) is 4.98 Å². The number of rotatable bonds is 8. The number of aryl methyl sites for hydroxylation is 2. The van der Waals surface area contributed by atoms with Gasteiger partial charge in [0.05, 0.1) is 12.0 Å². The molecular weight excluding hydrogens is 398 g/mol. The molecule has 0 spiro atoms. The predicted molar refractivity (Wildman–Crippen MR) is 117 cm³/mol. The molecule has 0 radical (unpaired) electrons. The van der Waals surface area contributed by atoms with Crippen molar-refractivity contribution in [2.24, 2.45) is 5.92 Å². The number of hydrogen-bond donors (Lipinski definition) is 0. The van der Waals surface area contributed by atoms with Crippen LogP contribution in [0.1, 0.15) is 37.1 Å². The van der Waals surface area contributed by atoms with Crippen molar-refractivity contribution in [2.75, 3.05) is 20.2 Å². The highest BCUT2D eigenvalue weighted by Crippen LogP contribution is 2.24. The zero-order chi connectivity index (χ0) is 20.8. The molecule has 0 saturated carbocycles. The van der Waals surface area contributed by atoms with Crippen LogP contribution in [0.5, 0.6) is 5.75 Å². The molecule has 1 aliphatic rings. The second-order valence-corrected chi connectivity index (χ2v) is 8.65. The molecule has 1 fully saturated rings. The van der Waals surface area contributed by atoms with Gasteiger partial charge in [-0.15, -0.1) is 11.3 Å². The number of methoxy groups -OCH3 is 1. The summed E-state index contributed by atoms with van der Waals surface area (Å²) in [5, 5.41) is 5.99. The van der Waals surface area contributed by atoms with Gasteiger partial charge in [0, 0.05) is 25.9 Å². The first-order valence-electron chi connectivity index (χ1n) is 10.5. The summed E-state index contributed by atoms with van der Waals surface area (Å²) in [6.45, 7) is 1.69. The normalized spacial score (nSPS) is 14.8. The lowest BCUT2D eigenvalue weighted by Gasteiger charge is -2.32. The minimum absolute atomic E-state index is 0.180. The molecule has 0 N–H and O–H groups in total. The van der Waals surface area contributed by atoms with Gasteiger partial charge in [-0.05, 0) is 60.7 Å². The number of nitrogens with zero attached hydrogens (tertiary/aromatic N) is 3. The zero-order valence-corrected chi connectivity index (χ0v) is 18.1. The Morgan fingerprint density at radius 1 is 1.20 bits per heavy atom. The molecule has 2 aromatic heterocycles. The third kappa shape index (κ3) is 5.27. The summed E-state index contributed by atoms with van der Waals surface area (Å²) in [6, 6.07) is 12.2. The van der Waals surface area contributed by atoms with Gasteiger partial charge in [-0.3, -0.25) is 4.79 Å². The van der Waals surface area contributed by atoms with E-state index in [-0.39, 0.29) is 5.91 Å². The van der Waals surface area contributed by atoms with Crippen molar-refractivity contribution in [1.82, 2.24) is 15.0 Å². The smallest absolute Gasteiger partial charge is 0.227 e. The first-order chi connectivity index (χ1) is 14.7. The van der Waals surface area contributed by atoms with Gasteiger partial charge < -0.3 is 14.2 Å². The molecule has 4 rings (SSSR count). The number of carbonyl (C=O) groups excluding carboxylic acids is 1. The SMILES string of the molecule is COc1ccc(CCC2CCN(C(=O)CCc3nc(-c4cccs4)no3)CC2)cc1. The standard InChI is InChI=1S/C23H27N3O3S/c1-28-19-8-6-17(7-9-19)4-5-18-12-14-26(15-13-18)22(27)11-10-21-24-23(25-29-21)20-3-2-16-30-20/h2-3,6-9,16,18H,4-5,10-15H2,1H3. The maximum atomic E-state index is 12.6. The number of carbonyl (C=O) groups is 1. The Morgan fingerprint density at radius 3 is 2.70 bits per heavy atom. The third-order valence-corrected chi connectivity index (χ3v) is 6.60. The molecule has 0 atom stereocenters. The number of aromatic nitrogens is 2. The highest BCUT2D eigenvalue weighted by molar-refractivity contribution is 7.13. The molecule has 158 valence electrons. The number of benzene rings is 1. The van der Waals surface area contributed by atoms with E-state index in [0.29, 0.717) is 30.5 Å². The van der Waals surface area contributed by atoms with Gasteiger partial charge in [0.25, 0.3) is 0 Å². The lowest BCUT2D eigenvalue weighted by molar-refractivity contribution is -0.132. The molecule has 1 aliphatic heterocycles. The maximum Gasteiger partial charge on any atom is 0.227 e. The molecule has 0 bridgehead atoms. The number of amides is 1. The van der Waals surface area contributed by atoms with Crippen LogP contribution in [0, 0.1) is 5.92 Å². The van der Waals surface area contributed by atoms with Crippen LogP contribution in [0.3, 0.4) is 0 Å². The fourth-order valence-electron chi connectivity index (χ4n) is 3.87. The van der Waals surface area contributed by atoms with Gasteiger partial charge in [-0.1, -0.05) is 23.4 Å². The number of hydrogen-bond acceptors (Lipinski definition) is 6. The Labute approximate surface area is 180 Å². The second-order valence-electron chi connectivity index (χ2n) is 7.70. The average Bonchev–Trinajstić information content (AvgIpc) is 3.49. The van der Waals surface area contributed by atoms with Gasteiger partial charge in [0.1, 0.15) is 5.75 Å². The van der Waals surface area contributed by atoms with Crippen LogP contribution in [0.4, 0.5) is 0 Å². The van der Waals surface area contributed by atoms with E-state index in [1.807, 2.05) is 34.5 Å². The quantitative estimate of drug-likeness (QED) is 0.527. The molecule has 0 unspecified atom stereocenters. The van der Waals surface area contributed by atoms with Crippen molar-refractivity contribution in [3.8, 4) is 16.5 Å². The van der Waals surface area contributed by atoms with Crippen molar-refractivity contribution in [2.45, 2.75) is 38.5 Å². The minimum Gasteiger partial charge on any atom is -0.497 e. The Kier molecular flexibility index (Phi) is 6.79. The topological polar surface area (TPSA) is 68.5 Å². The van der Waals surface area contributed by atoms with E-state index in [1.165, 1.54) is 12.0 Å². The van der Waals surface area contributed by atoms with Crippen molar-refractivity contribution < 1.29 is 14.1 Å². The molecule has 7 heteroatoms. The van der Waals surface area contributed by atoms with E-state index in [0.717, 1.165) is 43.0 Å². The fourth-order valence-corrected chi connectivity index (χ4v) is 4.52. The van der Waals surface area contributed by atoms with Crippen molar-refractivity contribution in [3.63, 3.8) is 0 Å². The number of piperidine rings is 1. The van der Waals surface area contributed by atoms with Crippen LogP contribution in [-0.4, -0.2) is 41.1 Å². The highest BCUT2D eigenvalue weighted by atomic mass is 32.1. The predicted octanol–water partition coefficient (Wildman–Crippen LogP) is 4.61. The largest absolute Gasteiger partial charge is 0.497 e. The van der Waals surface area contributed by atoms with E-state index in [9.17, 15) is 4.79 Å².